The molecule has 0 saturated carbocycles. The molecule has 28 heavy (non-hydrogen) atoms. The molecule has 0 spiro atoms. The Kier molecular flexibility index (Phi) is 4.40. The number of halogens is 1. The van der Waals surface area contributed by atoms with Crippen molar-refractivity contribution < 1.29 is 19.1 Å². The van der Waals surface area contributed by atoms with Gasteiger partial charge in [0.2, 0.25) is 0 Å². The number of nitrogens with zero attached hydrogens (tertiary/aromatic N) is 2. The number of carbonyl (C=O) groups is 2. The second-order valence-electron chi connectivity index (χ2n) is 6.14. The van der Waals surface area contributed by atoms with Crippen LogP contribution in [0, 0.1) is 12.7 Å². The van der Waals surface area contributed by atoms with E-state index in [1.165, 1.54) is 35.6 Å². The number of rotatable bonds is 4. The number of nitrogens with one attached hydrogen (secondary N) is 1. The minimum atomic E-state index is -1.06. The number of aromatic nitrogens is 2. The minimum absolute atomic E-state index is 0.0967. The van der Waals surface area contributed by atoms with Gasteiger partial charge in [-0.1, -0.05) is 17.4 Å². The van der Waals surface area contributed by atoms with Gasteiger partial charge in [0.25, 0.3) is 5.91 Å². The molecule has 0 atom stereocenters. The summed E-state index contributed by atoms with van der Waals surface area (Å²) >= 11 is 1.23. The van der Waals surface area contributed by atoms with Crippen LogP contribution in [0.3, 0.4) is 0 Å². The second-order valence-corrected chi connectivity index (χ2v) is 7.12. The number of amides is 1. The molecule has 140 valence electrons. The average Bonchev–Trinajstić information content (AvgIpc) is 3.22. The van der Waals surface area contributed by atoms with Gasteiger partial charge in [0.15, 0.2) is 4.96 Å². The highest BCUT2D eigenvalue weighted by Crippen LogP contribution is 2.28. The fourth-order valence-electron chi connectivity index (χ4n) is 2.84. The lowest BCUT2D eigenvalue weighted by Gasteiger charge is -2.05. The Labute approximate surface area is 162 Å². The Balaban J connectivity index is 1.62. The number of aromatic carboxylic acids is 1. The van der Waals surface area contributed by atoms with E-state index < -0.39 is 5.97 Å². The summed E-state index contributed by atoms with van der Waals surface area (Å²) in [7, 11) is 0. The topological polar surface area (TPSA) is 83.7 Å². The largest absolute Gasteiger partial charge is 0.478 e. The number of carbonyl (C=O) groups excluding carboxylic acids is 1. The molecule has 0 aliphatic rings. The zero-order valence-electron chi connectivity index (χ0n) is 14.6. The van der Waals surface area contributed by atoms with Crippen molar-refractivity contribution >= 4 is 33.9 Å². The first kappa shape index (κ1) is 17.9. The van der Waals surface area contributed by atoms with Crippen molar-refractivity contribution in [3.05, 3.63) is 76.7 Å². The van der Waals surface area contributed by atoms with Gasteiger partial charge < -0.3 is 10.4 Å². The summed E-state index contributed by atoms with van der Waals surface area (Å²) in [6.07, 6.45) is 1.80. The third-order valence-electron chi connectivity index (χ3n) is 4.27. The molecule has 2 aromatic carbocycles. The standard InChI is InChI=1S/C20H14FN3O3S/c1-11-17(18(25)22-15-4-2-3-13(9-15)19(26)27)28-20-23-16(10-24(11)20)12-5-7-14(21)8-6-12/h2-10H,1H3,(H,22,25)(H,26,27). The van der Waals surface area contributed by atoms with Gasteiger partial charge >= 0.3 is 5.97 Å². The van der Waals surface area contributed by atoms with Gasteiger partial charge in [0, 0.05) is 23.1 Å². The predicted octanol–water partition coefficient (Wildman–Crippen LogP) is 4.46. The van der Waals surface area contributed by atoms with Crippen molar-refractivity contribution in [1.82, 2.24) is 9.38 Å². The molecule has 4 rings (SSSR count). The van der Waals surface area contributed by atoms with Crippen molar-refractivity contribution in [2.75, 3.05) is 5.32 Å². The molecule has 1 amide bonds. The molecule has 2 N–H and O–H groups in total. The van der Waals surface area contributed by atoms with Gasteiger partial charge in [-0.15, -0.1) is 0 Å². The van der Waals surface area contributed by atoms with Crippen molar-refractivity contribution in [2.24, 2.45) is 0 Å². The lowest BCUT2D eigenvalue weighted by atomic mass is 10.2. The maximum absolute atomic E-state index is 13.1. The van der Waals surface area contributed by atoms with Gasteiger partial charge in [-0.2, -0.15) is 0 Å². The van der Waals surface area contributed by atoms with Crippen LogP contribution in [0.2, 0.25) is 0 Å². The lowest BCUT2D eigenvalue weighted by molar-refractivity contribution is 0.0696. The number of anilines is 1. The molecule has 2 heterocycles. The van der Waals surface area contributed by atoms with E-state index in [1.807, 2.05) is 11.3 Å². The summed E-state index contributed by atoms with van der Waals surface area (Å²) in [5.74, 6) is -1.71. The Hall–Kier alpha value is -3.52. The molecule has 0 fully saturated rings. The van der Waals surface area contributed by atoms with Crippen molar-refractivity contribution in [3.8, 4) is 11.3 Å². The number of benzene rings is 2. The van der Waals surface area contributed by atoms with Crippen LogP contribution in [0.4, 0.5) is 10.1 Å². The first-order chi connectivity index (χ1) is 13.4. The highest BCUT2D eigenvalue weighted by atomic mass is 32.1. The maximum atomic E-state index is 13.1. The van der Waals surface area contributed by atoms with Gasteiger partial charge in [-0.05, 0) is 49.4 Å². The number of carboxylic acids is 1. The van der Waals surface area contributed by atoms with Gasteiger partial charge in [-0.3, -0.25) is 9.20 Å². The van der Waals surface area contributed by atoms with Crippen LogP contribution < -0.4 is 5.32 Å². The van der Waals surface area contributed by atoms with E-state index in [1.54, 1.807) is 30.5 Å². The van der Waals surface area contributed by atoms with E-state index in [0.717, 1.165) is 5.56 Å². The highest BCUT2D eigenvalue weighted by Gasteiger charge is 2.18. The molecule has 0 aliphatic carbocycles. The number of thiazole rings is 1. The van der Waals surface area contributed by atoms with E-state index in [0.29, 0.717) is 26.9 Å². The molecule has 0 saturated heterocycles. The van der Waals surface area contributed by atoms with Crippen LogP contribution in [-0.4, -0.2) is 26.4 Å². The molecule has 0 aliphatic heterocycles. The summed E-state index contributed by atoms with van der Waals surface area (Å²) in [4.78, 5) is 29.4. The summed E-state index contributed by atoms with van der Waals surface area (Å²) in [6, 6.07) is 12.1. The van der Waals surface area contributed by atoms with Crippen molar-refractivity contribution in [3.63, 3.8) is 0 Å². The van der Waals surface area contributed by atoms with Crippen LogP contribution in [0.15, 0.2) is 54.7 Å². The average molecular weight is 395 g/mol. The van der Waals surface area contributed by atoms with E-state index in [4.69, 9.17) is 5.11 Å². The number of aryl methyl sites for hydroxylation is 1. The van der Waals surface area contributed by atoms with E-state index >= 15 is 0 Å². The normalized spacial score (nSPS) is 10.9. The molecule has 0 radical (unpaired) electrons. The summed E-state index contributed by atoms with van der Waals surface area (Å²) in [5.41, 5.74) is 2.69. The third-order valence-corrected chi connectivity index (χ3v) is 5.43. The number of carboxylic acid groups (broad SMARTS) is 1. The van der Waals surface area contributed by atoms with Crippen LogP contribution >= 0.6 is 11.3 Å². The number of fused-ring (bicyclic) bond motifs is 1. The van der Waals surface area contributed by atoms with Gasteiger partial charge in [0.1, 0.15) is 10.7 Å². The second kappa shape index (κ2) is 6.90. The maximum Gasteiger partial charge on any atom is 0.335 e. The fourth-order valence-corrected chi connectivity index (χ4v) is 3.84. The quantitative estimate of drug-likeness (QED) is 0.534. The molecule has 0 bridgehead atoms. The number of hydrogen-bond acceptors (Lipinski definition) is 4. The Morgan fingerprint density at radius 2 is 1.93 bits per heavy atom. The zero-order valence-corrected chi connectivity index (χ0v) is 15.5. The molecule has 8 heteroatoms. The third kappa shape index (κ3) is 3.25. The Bertz CT molecular complexity index is 1210. The first-order valence-electron chi connectivity index (χ1n) is 8.31. The first-order valence-corrected chi connectivity index (χ1v) is 9.13. The number of hydrogen-bond donors (Lipinski definition) is 2. The van der Waals surface area contributed by atoms with Crippen LogP contribution in [-0.2, 0) is 0 Å². The fraction of sp³-hybridized carbons (Fsp3) is 0.0500. The lowest BCUT2D eigenvalue weighted by Crippen LogP contribution is -2.12. The minimum Gasteiger partial charge on any atom is -0.478 e. The van der Waals surface area contributed by atoms with E-state index in [2.05, 4.69) is 10.3 Å². The summed E-state index contributed by atoms with van der Waals surface area (Å²) in [6.45, 7) is 1.81. The predicted molar refractivity (Wildman–Crippen MR) is 105 cm³/mol. The smallest absolute Gasteiger partial charge is 0.335 e. The zero-order chi connectivity index (χ0) is 19.8. The Morgan fingerprint density at radius 1 is 1.18 bits per heavy atom. The van der Waals surface area contributed by atoms with Crippen molar-refractivity contribution in [2.45, 2.75) is 6.92 Å². The van der Waals surface area contributed by atoms with Gasteiger partial charge in [0.05, 0.1) is 11.3 Å². The summed E-state index contributed by atoms with van der Waals surface area (Å²) < 4.78 is 14.9. The highest BCUT2D eigenvalue weighted by molar-refractivity contribution is 7.19. The SMILES string of the molecule is Cc1c(C(=O)Nc2cccc(C(=O)O)c2)sc2nc(-c3ccc(F)cc3)cn12. The number of imidazole rings is 1. The van der Waals surface area contributed by atoms with E-state index in [-0.39, 0.29) is 17.3 Å². The van der Waals surface area contributed by atoms with Crippen LogP contribution in [0.25, 0.3) is 16.2 Å². The van der Waals surface area contributed by atoms with Crippen molar-refractivity contribution in [1.29, 1.82) is 0 Å². The molecular formula is C20H14FN3O3S. The van der Waals surface area contributed by atoms with Gasteiger partial charge in [-0.25, -0.2) is 14.2 Å². The molecule has 6 nitrogen and oxygen atoms in total. The molecule has 2 aromatic heterocycles. The molecule has 0 unspecified atom stereocenters. The Morgan fingerprint density at radius 3 is 2.61 bits per heavy atom. The molecular weight excluding hydrogens is 381 g/mol. The van der Waals surface area contributed by atoms with Crippen LogP contribution in [0.5, 0.6) is 0 Å². The summed E-state index contributed by atoms with van der Waals surface area (Å²) in [5, 5.41) is 11.8. The van der Waals surface area contributed by atoms with Crippen LogP contribution in [0.1, 0.15) is 25.7 Å². The molecule has 4 aromatic rings. The monoisotopic (exact) mass is 395 g/mol. The van der Waals surface area contributed by atoms with E-state index in [9.17, 15) is 14.0 Å².